The molecule has 0 saturated heterocycles. The van der Waals surface area contributed by atoms with Gasteiger partial charge in [0.15, 0.2) is 11.6 Å². The molecule has 0 fully saturated rings. The van der Waals surface area contributed by atoms with Crippen LogP contribution in [0.2, 0.25) is 0 Å². The number of aromatic carboxylic acids is 1. The molecule has 0 saturated carbocycles. The van der Waals surface area contributed by atoms with Gasteiger partial charge >= 0.3 is 5.97 Å². The SMILES string of the molecule is Cl.N[C@H]1CCOc2c(F)ccc(C(=O)O)c21. The number of carboxylic acid groups (broad SMARTS) is 1. The van der Waals surface area contributed by atoms with Crippen molar-refractivity contribution in [2.45, 2.75) is 12.5 Å². The smallest absolute Gasteiger partial charge is 0.336 e. The Kier molecular flexibility index (Phi) is 3.72. The zero-order chi connectivity index (χ0) is 11.0. The summed E-state index contributed by atoms with van der Waals surface area (Å²) < 4.78 is 18.4. The normalized spacial score (nSPS) is 18.0. The largest absolute Gasteiger partial charge is 0.490 e. The van der Waals surface area contributed by atoms with Crippen molar-refractivity contribution >= 4 is 18.4 Å². The highest BCUT2D eigenvalue weighted by molar-refractivity contribution is 5.90. The predicted octanol–water partition coefficient (Wildman–Crippen LogP) is 1.73. The number of nitrogens with two attached hydrogens (primary N) is 1. The van der Waals surface area contributed by atoms with Crippen molar-refractivity contribution in [2.75, 3.05) is 6.61 Å². The van der Waals surface area contributed by atoms with Crippen molar-refractivity contribution in [1.82, 2.24) is 0 Å². The molecule has 0 spiro atoms. The van der Waals surface area contributed by atoms with Crippen LogP contribution >= 0.6 is 12.4 Å². The van der Waals surface area contributed by atoms with Gasteiger partial charge in [0.1, 0.15) is 0 Å². The van der Waals surface area contributed by atoms with Gasteiger partial charge in [-0.1, -0.05) is 0 Å². The van der Waals surface area contributed by atoms with E-state index in [9.17, 15) is 9.18 Å². The second-order valence-corrected chi connectivity index (χ2v) is 3.39. The lowest BCUT2D eigenvalue weighted by Crippen LogP contribution is -2.24. The number of benzene rings is 1. The summed E-state index contributed by atoms with van der Waals surface area (Å²) in [7, 11) is 0. The fourth-order valence-electron chi connectivity index (χ4n) is 1.71. The van der Waals surface area contributed by atoms with Crippen LogP contribution < -0.4 is 10.5 Å². The molecule has 0 unspecified atom stereocenters. The quantitative estimate of drug-likeness (QED) is 0.793. The third-order valence-corrected chi connectivity index (χ3v) is 2.42. The van der Waals surface area contributed by atoms with Crippen LogP contribution in [0.1, 0.15) is 28.4 Å². The Morgan fingerprint density at radius 1 is 1.56 bits per heavy atom. The van der Waals surface area contributed by atoms with E-state index >= 15 is 0 Å². The summed E-state index contributed by atoms with van der Waals surface area (Å²) in [4.78, 5) is 10.9. The van der Waals surface area contributed by atoms with E-state index in [1.807, 2.05) is 0 Å². The predicted molar refractivity (Wildman–Crippen MR) is 57.6 cm³/mol. The van der Waals surface area contributed by atoms with Gasteiger partial charge in [0.05, 0.1) is 12.2 Å². The lowest BCUT2D eigenvalue weighted by Gasteiger charge is -2.24. The molecule has 4 nitrogen and oxygen atoms in total. The monoisotopic (exact) mass is 247 g/mol. The third kappa shape index (κ3) is 1.96. The Balaban J connectivity index is 0.00000128. The minimum Gasteiger partial charge on any atom is -0.490 e. The van der Waals surface area contributed by atoms with Crippen LogP contribution in [0.3, 0.4) is 0 Å². The van der Waals surface area contributed by atoms with Gasteiger partial charge < -0.3 is 15.6 Å². The summed E-state index contributed by atoms with van der Waals surface area (Å²) >= 11 is 0. The first kappa shape index (κ1) is 12.7. The van der Waals surface area contributed by atoms with Crippen molar-refractivity contribution in [1.29, 1.82) is 0 Å². The third-order valence-electron chi connectivity index (χ3n) is 2.42. The number of carboxylic acids is 1. The molecule has 1 aromatic carbocycles. The highest BCUT2D eigenvalue weighted by Crippen LogP contribution is 2.35. The molecule has 1 atom stereocenters. The fraction of sp³-hybridized carbons (Fsp3) is 0.300. The molecule has 1 aliphatic rings. The van der Waals surface area contributed by atoms with E-state index in [1.165, 1.54) is 6.07 Å². The zero-order valence-corrected chi connectivity index (χ0v) is 9.09. The maximum Gasteiger partial charge on any atom is 0.336 e. The molecule has 3 N–H and O–H groups in total. The molecular weight excluding hydrogens is 237 g/mol. The molecule has 0 aromatic heterocycles. The van der Waals surface area contributed by atoms with Crippen LogP contribution in [-0.4, -0.2) is 17.7 Å². The number of rotatable bonds is 1. The van der Waals surface area contributed by atoms with Gasteiger partial charge in [-0.3, -0.25) is 0 Å². The summed E-state index contributed by atoms with van der Waals surface area (Å²) in [6, 6.07) is 1.82. The highest BCUT2D eigenvalue weighted by Gasteiger charge is 2.27. The lowest BCUT2D eigenvalue weighted by atomic mass is 9.95. The van der Waals surface area contributed by atoms with E-state index in [2.05, 4.69) is 0 Å². The van der Waals surface area contributed by atoms with E-state index in [0.29, 0.717) is 13.0 Å². The summed E-state index contributed by atoms with van der Waals surface area (Å²) in [5.41, 5.74) is 6.01. The molecule has 16 heavy (non-hydrogen) atoms. The van der Waals surface area contributed by atoms with Gasteiger partial charge in [-0.2, -0.15) is 0 Å². The van der Waals surface area contributed by atoms with Gasteiger partial charge in [0.25, 0.3) is 0 Å². The first-order chi connectivity index (χ1) is 7.11. The average Bonchev–Trinajstić information content (AvgIpc) is 2.19. The highest BCUT2D eigenvalue weighted by atomic mass is 35.5. The molecular formula is C10H11ClFNO3. The Labute approximate surface area is 97.6 Å². The van der Waals surface area contributed by atoms with Crippen molar-refractivity contribution in [2.24, 2.45) is 5.73 Å². The van der Waals surface area contributed by atoms with Crippen LogP contribution in [0.5, 0.6) is 5.75 Å². The summed E-state index contributed by atoms with van der Waals surface area (Å²) in [5.74, 6) is -1.70. The van der Waals surface area contributed by atoms with Crippen molar-refractivity contribution in [3.63, 3.8) is 0 Å². The minimum atomic E-state index is -1.12. The maximum absolute atomic E-state index is 13.3. The van der Waals surface area contributed by atoms with E-state index in [4.69, 9.17) is 15.6 Å². The maximum atomic E-state index is 13.3. The van der Waals surface area contributed by atoms with Crippen molar-refractivity contribution in [3.8, 4) is 5.75 Å². The van der Waals surface area contributed by atoms with E-state index < -0.39 is 17.8 Å². The average molecular weight is 248 g/mol. The fourth-order valence-corrected chi connectivity index (χ4v) is 1.71. The molecule has 1 heterocycles. The van der Waals surface area contributed by atoms with Crippen LogP contribution in [0.4, 0.5) is 4.39 Å². The molecule has 0 amide bonds. The molecule has 2 rings (SSSR count). The molecule has 1 aliphatic heterocycles. The Morgan fingerprint density at radius 2 is 2.25 bits per heavy atom. The topological polar surface area (TPSA) is 72.5 Å². The van der Waals surface area contributed by atoms with Crippen LogP contribution in [-0.2, 0) is 0 Å². The molecule has 0 aliphatic carbocycles. The number of hydrogen-bond acceptors (Lipinski definition) is 3. The van der Waals surface area contributed by atoms with E-state index in [-0.39, 0.29) is 29.3 Å². The first-order valence-electron chi connectivity index (χ1n) is 4.55. The molecule has 0 radical (unpaired) electrons. The van der Waals surface area contributed by atoms with Crippen LogP contribution in [0.25, 0.3) is 0 Å². The number of halogens is 2. The molecule has 88 valence electrons. The van der Waals surface area contributed by atoms with Gasteiger partial charge in [0, 0.05) is 18.0 Å². The Hall–Kier alpha value is -1.33. The number of fused-ring (bicyclic) bond motifs is 1. The van der Waals surface area contributed by atoms with E-state index in [0.717, 1.165) is 6.07 Å². The van der Waals surface area contributed by atoms with E-state index in [1.54, 1.807) is 0 Å². The first-order valence-corrected chi connectivity index (χ1v) is 4.55. The lowest BCUT2D eigenvalue weighted by molar-refractivity contribution is 0.0693. The van der Waals surface area contributed by atoms with Gasteiger partial charge in [0.2, 0.25) is 0 Å². The Morgan fingerprint density at radius 3 is 2.88 bits per heavy atom. The zero-order valence-electron chi connectivity index (χ0n) is 8.27. The van der Waals surface area contributed by atoms with Gasteiger partial charge in [-0.05, 0) is 12.1 Å². The minimum absolute atomic E-state index is 0. The van der Waals surface area contributed by atoms with Gasteiger partial charge in [-0.15, -0.1) is 12.4 Å². The second-order valence-electron chi connectivity index (χ2n) is 3.39. The van der Waals surface area contributed by atoms with Crippen molar-refractivity contribution < 1.29 is 19.0 Å². The summed E-state index contributed by atoms with van der Waals surface area (Å²) in [6.07, 6.45) is 0.497. The Bertz CT molecular complexity index is 425. The van der Waals surface area contributed by atoms with Crippen molar-refractivity contribution in [3.05, 3.63) is 29.1 Å². The molecule has 6 heteroatoms. The standard InChI is InChI=1S/C10H10FNO3.ClH/c11-6-2-1-5(10(13)14)8-7(12)3-4-15-9(6)8;/h1-2,7H,3-4,12H2,(H,13,14);1H/t7-;/m0./s1. The van der Waals surface area contributed by atoms with Crippen LogP contribution in [0.15, 0.2) is 12.1 Å². The number of carbonyl (C=O) groups is 1. The van der Waals surface area contributed by atoms with Crippen LogP contribution in [0, 0.1) is 5.82 Å². The number of hydrogen-bond donors (Lipinski definition) is 2. The molecule has 0 bridgehead atoms. The second kappa shape index (κ2) is 4.67. The van der Waals surface area contributed by atoms with Gasteiger partial charge in [-0.25, -0.2) is 9.18 Å². The summed E-state index contributed by atoms with van der Waals surface area (Å²) in [5, 5.41) is 8.92. The summed E-state index contributed by atoms with van der Waals surface area (Å²) in [6.45, 7) is 0.314. The molecule has 1 aromatic rings. The number of ether oxygens (including phenoxy) is 1.